The maximum Gasteiger partial charge on any atom is 0.306 e. The van der Waals surface area contributed by atoms with Gasteiger partial charge in [0.25, 0.3) is 0 Å². The number of fused-ring (bicyclic) bond motifs is 1. The summed E-state index contributed by atoms with van der Waals surface area (Å²) >= 11 is 0. The van der Waals surface area contributed by atoms with Gasteiger partial charge in [-0.2, -0.15) is 0 Å². The van der Waals surface area contributed by atoms with Crippen LogP contribution in [0.2, 0.25) is 0 Å². The number of aliphatic hydroxyl groups is 1. The second kappa shape index (κ2) is 8.15. The Balaban J connectivity index is 1.49. The Morgan fingerprint density at radius 1 is 1.12 bits per heavy atom. The van der Waals surface area contributed by atoms with Crippen molar-refractivity contribution in [2.45, 2.75) is 89.1 Å². The molecule has 3 aliphatic rings. The molecule has 24 heavy (non-hydrogen) atoms. The lowest BCUT2D eigenvalue weighted by Crippen LogP contribution is -2.32. The van der Waals surface area contributed by atoms with Crippen molar-refractivity contribution in [3.05, 3.63) is 0 Å². The van der Waals surface area contributed by atoms with E-state index in [1.54, 1.807) is 0 Å². The fourth-order valence-corrected chi connectivity index (χ4v) is 4.68. The number of rotatable bonds is 9. The third kappa shape index (κ3) is 4.12. The van der Waals surface area contributed by atoms with Crippen molar-refractivity contribution in [2.24, 2.45) is 11.8 Å². The van der Waals surface area contributed by atoms with Gasteiger partial charge >= 0.3 is 5.97 Å². The summed E-state index contributed by atoms with van der Waals surface area (Å²) in [5.41, 5.74) is 0. The minimum absolute atomic E-state index is 0.0760. The van der Waals surface area contributed by atoms with Gasteiger partial charge in [-0.05, 0) is 18.8 Å². The molecule has 5 heteroatoms. The number of hydrogen-bond acceptors (Lipinski definition) is 5. The first-order valence-corrected chi connectivity index (χ1v) is 9.79. The summed E-state index contributed by atoms with van der Waals surface area (Å²) in [4.78, 5) is 11.5. The van der Waals surface area contributed by atoms with Crippen LogP contribution in [-0.4, -0.2) is 42.3 Å². The van der Waals surface area contributed by atoms with Gasteiger partial charge in [0.2, 0.25) is 0 Å². The number of ether oxygens (including phenoxy) is 3. The molecular weight excluding hydrogens is 308 g/mol. The molecule has 4 atom stereocenters. The molecule has 2 heterocycles. The number of aliphatic hydroxyl groups excluding tert-OH is 1. The van der Waals surface area contributed by atoms with Crippen LogP contribution < -0.4 is 0 Å². The number of unbranched alkanes of at least 4 members (excludes halogenated alkanes) is 4. The van der Waals surface area contributed by atoms with Gasteiger partial charge in [-0.25, -0.2) is 0 Å². The number of carbonyl (C=O) groups is 1. The van der Waals surface area contributed by atoms with Gasteiger partial charge in [-0.1, -0.05) is 32.6 Å². The van der Waals surface area contributed by atoms with E-state index < -0.39 is 5.79 Å². The molecule has 138 valence electrons. The zero-order valence-electron chi connectivity index (χ0n) is 14.9. The van der Waals surface area contributed by atoms with Crippen molar-refractivity contribution in [1.82, 2.24) is 0 Å². The van der Waals surface area contributed by atoms with E-state index in [0.717, 1.165) is 25.7 Å². The van der Waals surface area contributed by atoms with Gasteiger partial charge in [0.1, 0.15) is 6.10 Å². The van der Waals surface area contributed by atoms with E-state index in [2.05, 4.69) is 6.92 Å². The zero-order valence-corrected chi connectivity index (χ0v) is 14.9. The lowest BCUT2D eigenvalue weighted by molar-refractivity contribution is -0.171. The SMILES string of the molecule is CCCCCCCC1(CC[C@H]2[C@@H]3CC(=O)O[C@@H]3C[C@@H]2O)OCCO1. The van der Waals surface area contributed by atoms with Gasteiger partial charge in [0.15, 0.2) is 5.79 Å². The molecule has 3 fully saturated rings. The lowest BCUT2D eigenvalue weighted by atomic mass is 9.86. The molecule has 5 nitrogen and oxygen atoms in total. The van der Waals surface area contributed by atoms with Crippen molar-refractivity contribution in [1.29, 1.82) is 0 Å². The first kappa shape index (κ1) is 18.2. The Morgan fingerprint density at radius 3 is 2.62 bits per heavy atom. The number of esters is 1. The summed E-state index contributed by atoms with van der Waals surface area (Å²) in [6.07, 6.45) is 9.35. The normalized spacial score (nSPS) is 34.5. The summed E-state index contributed by atoms with van der Waals surface area (Å²) < 4.78 is 17.3. The molecule has 0 unspecified atom stereocenters. The zero-order chi connectivity index (χ0) is 17.0. The quantitative estimate of drug-likeness (QED) is 0.516. The van der Waals surface area contributed by atoms with E-state index in [9.17, 15) is 9.90 Å². The van der Waals surface area contributed by atoms with E-state index in [-0.39, 0.29) is 30.0 Å². The van der Waals surface area contributed by atoms with Crippen LogP contribution in [0.15, 0.2) is 0 Å². The average Bonchev–Trinajstić information content (AvgIpc) is 3.21. The van der Waals surface area contributed by atoms with E-state index in [1.807, 2.05) is 0 Å². The Labute approximate surface area is 145 Å². The highest BCUT2D eigenvalue weighted by Gasteiger charge is 2.50. The molecule has 0 radical (unpaired) electrons. The number of carbonyl (C=O) groups excluding carboxylic acids is 1. The minimum Gasteiger partial charge on any atom is -0.462 e. The van der Waals surface area contributed by atoms with E-state index in [4.69, 9.17) is 14.2 Å². The summed E-state index contributed by atoms with van der Waals surface area (Å²) in [6.45, 7) is 3.55. The Bertz CT molecular complexity index is 418. The van der Waals surface area contributed by atoms with Crippen LogP contribution in [0.1, 0.15) is 71.1 Å². The molecule has 3 rings (SSSR count). The molecular formula is C19H32O5. The van der Waals surface area contributed by atoms with Gasteiger partial charge in [0.05, 0.1) is 25.7 Å². The van der Waals surface area contributed by atoms with Crippen molar-refractivity contribution >= 4 is 5.97 Å². The summed E-state index contributed by atoms with van der Waals surface area (Å²) in [5, 5.41) is 10.3. The topological polar surface area (TPSA) is 65.0 Å². The highest BCUT2D eigenvalue weighted by molar-refractivity contribution is 5.72. The molecule has 0 aromatic carbocycles. The summed E-state index contributed by atoms with van der Waals surface area (Å²) in [5.74, 6) is -0.268. The first-order chi connectivity index (χ1) is 11.6. The standard InChI is InChI=1S/C19H32O5/c1-2-3-4-5-6-8-19(22-10-11-23-19)9-7-14-15-12-18(21)24-17(15)13-16(14)20/h14-17,20H,2-13H2,1H3/t14-,15-,16-,17+/m0/s1. The van der Waals surface area contributed by atoms with E-state index in [0.29, 0.717) is 26.1 Å². The molecule has 0 spiro atoms. The van der Waals surface area contributed by atoms with Gasteiger partial charge in [-0.3, -0.25) is 4.79 Å². The molecule has 0 aromatic heterocycles. The highest BCUT2D eigenvalue weighted by Crippen LogP contribution is 2.45. The largest absolute Gasteiger partial charge is 0.462 e. The Kier molecular flexibility index (Phi) is 6.17. The summed E-state index contributed by atoms with van der Waals surface area (Å²) in [6, 6.07) is 0. The van der Waals surface area contributed by atoms with Crippen LogP contribution in [-0.2, 0) is 19.0 Å². The van der Waals surface area contributed by atoms with Crippen LogP contribution in [0.5, 0.6) is 0 Å². The van der Waals surface area contributed by atoms with Gasteiger partial charge in [0, 0.05) is 25.2 Å². The summed E-state index contributed by atoms with van der Waals surface area (Å²) in [7, 11) is 0. The second-order valence-electron chi connectivity index (χ2n) is 7.67. The fourth-order valence-electron chi connectivity index (χ4n) is 4.68. The molecule has 1 saturated carbocycles. The minimum atomic E-state index is -0.465. The maximum absolute atomic E-state index is 11.5. The third-order valence-electron chi connectivity index (χ3n) is 6.01. The number of hydrogen-bond donors (Lipinski definition) is 1. The molecule has 0 amide bonds. The van der Waals surface area contributed by atoms with Crippen molar-refractivity contribution in [2.75, 3.05) is 13.2 Å². The van der Waals surface area contributed by atoms with Crippen LogP contribution >= 0.6 is 0 Å². The molecule has 1 N–H and O–H groups in total. The first-order valence-electron chi connectivity index (χ1n) is 9.79. The Hall–Kier alpha value is -0.650. The average molecular weight is 340 g/mol. The Morgan fingerprint density at radius 2 is 1.88 bits per heavy atom. The smallest absolute Gasteiger partial charge is 0.306 e. The highest BCUT2D eigenvalue weighted by atomic mass is 16.7. The van der Waals surface area contributed by atoms with Crippen LogP contribution in [0.25, 0.3) is 0 Å². The molecule has 2 aliphatic heterocycles. The van der Waals surface area contributed by atoms with Crippen molar-refractivity contribution < 1.29 is 24.1 Å². The lowest BCUT2D eigenvalue weighted by Gasteiger charge is -2.30. The van der Waals surface area contributed by atoms with E-state index in [1.165, 1.54) is 25.7 Å². The monoisotopic (exact) mass is 340 g/mol. The van der Waals surface area contributed by atoms with Crippen LogP contribution in [0.3, 0.4) is 0 Å². The molecule has 1 aliphatic carbocycles. The van der Waals surface area contributed by atoms with Gasteiger partial charge in [-0.15, -0.1) is 0 Å². The molecule has 0 aromatic rings. The van der Waals surface area contributed by atoms with Crippen LogP contribution in [0.4, 0.5) is 0 Å². The van der Waals surface area contributed by atoms with Crippen LogP contribution in [0, 0.1) is 11.8 Å². The third-order valence-corrected chi connectivity index (χ3v) is 6.01. The van der Waals surface area contributed by atoms with E-state index >= 15 is 0 Å². The van der Waals surface area contributed by atoms with Crippen molar-refractivity contribution in [3.63, 3.8) is 0 Å². The predicted molar refractivity (Wildman–Crippen MR) is 89.3 cm³/mol. The van der Waals surface area contributed by atoms with Gasteiger partial charge < -0.3 is 19.3 Å². The molecule has 2 saturated heterocycles. The predicted octanol–water partition coefficient (Wildman–Crippen LogP) is 3.18. The second-order valence-corrected chi connectivity index (χ2v) is 7.67. The van der Waals surface area contributed by atoms with Crippen molar-refractivity contribution in [3.8, 4) is 0 Å². The maximum atomic E-state index is 11.5. The molecule has 0 bridgehead atoms. The fraction of sp³-hybridized carbons (Fsp3) is 0.947.